The Balaban J connectivity index is 1.77. The zero-order valence-corrected chi connectivity index (χ0v) is 15.4. The van der Waals surface area contributed by atoms with Crippen molar-refractivity contribution < 1.29 is 26.7 Å². The lowest BCUT2D eigenvalue weighted by molar-refractivity contribution is 0.118. The first-order chi connectivity index (χ1) is 12.8. The molecule has 0 atom stereocenters. The Morgan fingerprint density at radius 2 is 1.96 bits per heavy atom. The maximum Gasteiger partial charge on any atom is 0.409 e. The molecular formula is C18H18F2N2O4S. The van der Waals surface area contributed by atoms with Gasteiger partial charge in [-0.1, -0.05) is 6.07 Å². The van der Waals surface area contributed by atoms with Gasteiger partial charge in [-0.3, -0.25) is 4.72 Å². The Morgan fingerprint density at radius 1 is 1.19 bits per heavy atom. The van der Waals surface area contributed by atoms with Gasteiger partial charge in [-0.25, -0.2) is 22.0 Å². The fourth-order valence-corrected chi connectivity index (χ4v) is 4.17. The molecule has 0 fully saturated rings. The molecule has 1 aliphatic heterocycles. The van der Waals surface area contributed by atoms with E-state index in [9.17, 15) is 22.0 Å². The number of ether oxygens (including phenoxy) is 1. The van der Waals surface area contributed by atoms with Crippen LogP contribution in [-0.4, -0.2) is 33.1 Å². The van der Waals surface area contributed by atoms with E-state index in [1.54, 1.807) is 18.2 Å². The van der Waals surface area contributed by atoms with Crippen LogP contribution in [-0.2, 0) is 33.5 Å². The normalized spacial score (nSPS) is 13.8. The highest BCUT2D eigenvalue weighted by Crippen LogP contribution is 2.24. The summed E-state index contributed by atoms with van der Waals surface area (Å²) in [7, 11) is -2.65. The number of methoxy groups -OCH3 is 1. The molecule has 2 aromatic rings. The Bertz CT molecular complexity index is 979. The monoisotopic (exact) mass is 396 g/mol. The largest absolute Gasteiger partial charge is 0.453 e. The lowest BCUT2D eigenvalue weighted by Gasteiger charge is -2.28. The van der Waals surface area contributed by atoms with Crippen molar-refractivity contribution in [1.82, 2.24) is 4.90 Å². The number of carbonyl (C=O) groups excluding carboxylic acids is 1. The molecule has 1 heterocycles. The summed E-state index contributed by atoms with van der Waals surface area (Å²) >= 11 is 0. The van der Waals surface area contributed by atoms with Gasteiger partial charge in [0.2, 0.25) is 10.0 Å². The molecule has 0 saturated heterocycles. The molecule has 1 amide bonds. The number of halogens is 2. The molecule has 2 aromatic carbocycles. The summed E-state index contributed by atoms with van der Waals surface area (Å²) in [5, 5.41) is 0. The molecule has 0 spiro atoms. The second kappa shape index (κ2) is 7.51. The van der Waals surface area contributed by atoms with Crippen molar-refractivity contribution in [1.29, 1.82) is 0 Å². The Labute approximate surface area is 155 Å². The van der Waals surface area contributed by atoms with E-state index in [0.29, 0.717) is 19.5 Å². The quantitative estimate of drug-likeness (QED) is 0.862. The zero-order chi connectivity index (χ0) is 19.6. The maximum atomic E-state index is 13.7. The van der Waals surface area contributed by atoms with Crippen molar-refractivity contribution >= 4 is 21.8 Å². The van der Waals surface area contributed by atoms with E-state index in [1.807, 2.05) is 0 Å². The van der Waals surface area contributed by atoms with Crippen molar-refractivity contribution in [3.63, 3.8) is 0 Å². The van der Waals surface area contributed by atoms with E-state index < -0.39 is 33.5 Å². The number of hydrogen-bond acceptors (Lipinski definition) is 4. The fourth-order valence-electron chi connectivity index (χ4n) is 2.98. The van der Waals surface area contributed by atoms with Crippen LogP contribution >= 0.6 is 0 Å². The van der Waals surface area contributed by atoms with Gasteiger partial charge in [0.05, 0.1) is 12.9 Å². The average Bonchev–Trinajstić information content (AvgIpc) is 2.62. The Morgan fingerprint density at radius 3 is 2.70 bits per heavy atom. The van der Waals surface area contributed by atoms with E-state index in [2.05, 4.69) is 4.72 Å². The molecule has 0 saturated carbocycles. The van der Waals surface area contributed by atoms with Crippen LogP contribution in [0.3, 0.4) is 0 Å². The van der Waals surface area contributed by atoms with Crippen LogP contribution in [0, 0.1) is 11.6 Å². The summed E-state index contributed by atoms with van der Waals surface area (Å²) < 4.78 is 58.7. The number of rotatable bonds is 4. The van der Waals surface area contributed by atoms with E-state index in [1.165, 1.54) is 12.0 Å². The second-order valence-electron chi connectivity index (χ2n) is 6.22. The number of benzene rings is 2. The van der Waals surface area contributed by atoms with E-state index in [0.717, 1.165) is 29.3 Å². The number of hydrogen-bond donors (Lipinski definition) is 1. The molecule has 27 heavy (non-hydrogen) atoms. The number of fused-ring (bicyclic) bond motifs is 1. The van der Waals surface area contributed by atoms with Gasteiger partial charge in [0, 0.05) is 24.3 Å². The SMILES string of the molecule is COC(=O)N1CCc2ccc(NS(=O)(=O)Cc3cc(F)ccc3F)cc2C1. The average molecular weight is 396 g/mol. The van der Waals surface area contributed by atoms with Crippen LogP contribution < -0.4 is 4.72 Å². The van der Waals surface area contributed by atoms with Gasteiger partial charge < -0.3 is 9.64 Å². The number of nitrogens with zero attached hydrogens (tertiary/aromatic N) is 1. The molecule has 0 aromatic heterocycles. The number of anilines is 1. The van der Waals surface area contributed by atoms with Crippen LogP contribution in [0.15, 0.2) is 36.4 Å². The van der Waals surface area contributed by atoms with E-state index in [4.69, 9.17) is 4.74 Å². The number of nitrogens with one attached hydrogen (secondary N) is 1. The minimum Gasteiger partial charge on any atom is -0.453 e. The van der Waals surface area contributed by atoms with Gasteiger partial charge >= 0.3 is 6.09 Å². The summed E-state index contributed by atoms with van der Waals surface area (Å²) in [5.41, 5.74) is 1.84. The second-order valence-corrected chi connectivity index (χ2v) is 7.94. The van der Waals surface area contributed by atoms with E-state index >= 15 is 0 Å². The van der Waals surface area contributed by atoms with Gasteiger partial charge in [-0.05, 0) is 47.9 Å². The highest BCUT2D eigenvalue weighted by molar-refractivity contribution is 7.91. The minimum atomic E-state index is -3.95. The standard InChI is InChI=1S/C18H18F2N2O4S/c1-26-18(23)22-7-6-12-2-4-16(9-13(12)10-22)21-27(24,25)11-14-8-15(19)3-5-17(14)20/h2-5,8-9,21H,6-7,10-11H2,1H3. The van der Waals surface area contributed by atoms with Gasteiger partial charge in [0.15, 0.2) is 0 Å². The van der Waals surface area contributed by atoms with Crippen molar-refractivity contribution in [2.45, 2.75) is 18.7 Å². The lowest BCUT2D eigenvalue weighted by atomic mass is 9.99. The van der Waals surface area contributed by atoms with Gasteiger partial charge in [-0.2, -0.15) is 0 Å². The van der Waals surface area contributed by atoms with Crippen LogP contribution in [0.25, 0.3) is 0 Å². The first kappa shape index (κ1) is 19.1. The topological polar surface area (TPSA) is 75.7 Å². The smallest absolute Gasteiger partial charge is 0.409 e. The molecule has 144 valence electrons. The summed E-state index contributed by atoms with van der Waals surface area (Å²) in [6, 6.07) is 7.69. The first-order valence-electron chi connectivity index (χ1n) is 8.16. The third-order valence-corrected chi connectivity index (χ3v) is 5.52. The molecule has 1 aliphatic rings. The molecule has 0 radical (unpaired) electrons. The molecule has 0 unspecified atom stereocenters. The summed E-state index contributed by atoms with van der Waals surface area (Å²) in [4.78, 5) is 13.2. The Hall–Kier alpha value is -2.68. The molecular weight excluding hydrogens is 378 g/mol. The number of carbonyl (C=O) groups is 1. The van der Waals surface area contributed by atoms with Crippen molar-refractivity contribution in [3.05, 3.63) is 64.7 Å². The summed E-state index contributed by atoms with van der Waals surface area (Å²) in [6.07, 6.45) is 0.180. The van der Waals surface area contributed by atoms with Crippen LogP contribution in [0.2, 0.25) is 0 Å². The molecule has 1 N–H and O–H groups in total. The molecule has 3 rings (SSSR count). The van der Waals surface area contributed by atoms with Gasteiger partial charge in [0.25, 0.3) is 0 Å². The first-order valence-corrected chi connectivity index (χ1v) is 9.82. The third-order valence-electron chi connectivity index (χ3n) is 4.28. The number of sulfonamides is 1. The lowest BCUT2D eigenvalue weighted by Crippen LogP contribution is -2.35. The number of amides is 1. The van der Waals surface area contributed by atoms with Crippen molar-refractivity contribution in [2.24, 2.45) is 0 Å². The van der Waals surface area contributed by atoms with Crippen molar-refractivity contribution in [3.8, 4) is 0 Å². The van der Waals surface area contributed by atoms with Crippen LogP contribution in [0.5, 0.6) is 0 Å². The minimum absolute atomic E-state index is 0.252. The molecule has 6 nitrogen and oxygen atoms in total. The molecule has 0 aliphatic carbocycles. The predicted octanol–water partition coefficient (Wildman–Crippen LogP) is 3.03. The third kappa shape index (κ3) is 4.54. The van der Waals surface area contributed by atoms with Crippen molar-refractivity contribution in [2.75, 3.05) is 18.4 Å². The molecule has 0 bridgehead atoms. The van der Waals surface area contributed by atoms with E-state index in [-0.39, 0.29) is 11.3 Å². The highest BCUT2D eigenvalue weighted by Gasteiger charge is 2.22. The van der Waals surface area contributed by atoms with Gasteiger partial charge in [-0.15, -0.1) is 0 Å². The maximum absolute atomic E-state index is 13.7. The summed E-state index contributed by atoms with van der Waals surface area (Å²) in [6.45, 7) is 0.819. The highest BCUT2D eigenvalue weighted by atomic mass is 32.2. The molecule has 9 heteroatoms. The zero-order valence-electron chi connectivity index (χ0n) is 14.5. The van der Waals surface area contributed by atoms with Gasteiger partial charge in [0.1, 0.15) is 11.6 Å². The van der Waals surface area contributed by atoms with Crippen LogP contribution in [0.4, 0.5) is 19.3 Å². The summed E-state index contributed by atoms with van der Waals surface area (Å²) in [5.74, 6) is -2.19. The predicted molar refractivity (Wildman–Crippen MR) is 95.6 cm³/mol. The van der Waals surface area contributed by atoms with Crippen LogP contribution in [0.1, 0.15) is 16.7 Å². The Kier molecular flexibility index (Phi) is 5.31. The fraction of sp³-hybridized carbons (Fsp3) is 0.278.